The van der Waals surface area contributed by atoms with Crippen LogP contribution in [0.5, 0.6) is 5.75 Å². The number of allylic oxidation sites excluding steroid dienone is 1. The van der Waals surface area contributed by atoms with E-state index in [1.807, 2.05) is 6.20 Å². The summed E-state index contributed by atoms with van der Waals surface area (Å²) in [5, 5.41) is 17.9. The maximum absolute atomic E-state index is 11.1. The number of hydrogen-bond acceptors (Lipinski definition) is 5. The molecular weight excluding hydrogens is 290 g/mol. The number of nitrogens with zero attached hydrogens (tertiary/aromatic N) is 2. The number of anilines is 1. The number of benzene rings is 1. The highest BCUT2D eigenvalue weighted by molar-refractivity contribution is 5.72. The zero-order valence-electron chi connectivity index (χ0n) is 13.9. The lowest BCUT2D eigenvalue weighted by molar-refractivity contribution is 0.389. The Morgan fingerprint density at radius 3 is 2.57 bits per heavy atom. The Morgan fingerprint density at radius 2 is 1.96 bits per heavy atom. The summed E-state index contributed by atoms with van der Waals surface area (Å²) >= 11 is 0. The fraction of sp³-hybridized carbons (Fsp3) is 0.444. The fourth-order valence-electron chi connectivity index (χ4n) is 2.62. The zero-order chi connectivity index (χ0) is 16.7. The van der Waals surface area contributed by atoms with Gasteiger partial charge < -0.3 is 15.3 Å². The van der Waals surface area contributed by atoms with E-state index in [-0.39, 0.29) is 5.75 Å². The van der Waals surface area contributed by atoms with Gasteiger partial charge in [-0.3, -0.25) is 0 Å². The molecule has 5 heteroatoms. The van der Waals surface area contributed by atoms with E-state index < -0.39 is 0 Å². The Kier molecular flexibility index (Phi) is 6.20. The highest BCUT2D eigenvalue weighted by Gasteiger charge is 2.12. The SMILES string of the molecule is CCCCN(/C=c1/cc(N=O)c2c(c1O)NC=CC=2)CCCC. The largest absolute Gasteiger partial charge is 0.505 e. The minimum atomic E-state index is 0.158. The van der Waals surface area contributed by atoms with Crippen LogP contribution in [-0.4, -0.2) is 23.1 Å². The van der Waals surface area contributed by atoms with Crippen LogP contribution in [0.3, 0.4) is 0 Å². The van der Waals surface area contributed by atoms with Crippen LogP contribution in [0.4, 0.5) is 11.4 Å². The lowest BCUT2D eigenvalue weighted by Gasteiger charge is -2.20. The predicted octanol–water partition coefficient (Wildman–Crippen LogP) is 3.15. The average Bonchev–Trinajstić information content (AvgIpc) is 2.59. The van der Waals surface area contributed by atoms with Crippen LogP contribution >= 0.6 is 0 Å². The van der Waals surface area contributed by atoms with Crippen molar-refractivity contribution in [1.82, 2.24) is 4.90 Å². The van der Waals surface area contributed by atoms with Gasteiger partial charge in [0.25, 0.3) is 0 Å². The summed E-state index contributed by atoms with van der Waals surface area (Å²) in [4.78, 5) is 13.4. The molecule has 0 spiro atoms. The van der Waals surface area contributed by atoms with Gasteiger partial charge >= 0.3 is 0 Å². The van der Waals surface area contributed by atoms with Crippen LogP contribution in [0.15, 0.2) is 23.5 Å². The number of phenols is 1. The Labute approximate surface area is 137 Å². The second kappa shape index (κ2) is 8.36. The molecule has 0 saturated heterocycles. The molecule has 0 aromatic heterocycles. The van der Waals surface area contributed by atoms with Gasteiger partial charge in [-0.1, -0.05) is 26.7 Å². The van der Waals surface area contributed by atoms with Gasteiger partial charge in [0.15, 0.2) is 0 Å². The molecule has 23 heavy (non-hydrogen) atoms. The van der Waals surface area contributed by atoms with E-state index >= 15 is 0 Å². The van der Waals surface area contributed by atoms with E-state index in [0.29, 0.717) is 21.8 Å². The van der Waals surface area contributed by atoms with Gasteiger partial charge in [-0.25, -0.2) is 0 Å². The molecule has 0 radical (unpaired) electrons. The van der Waals surface area contributed by atoms with Crippen LogP contribution in [0.1, 0.15) is 39.5 Å². The van der Waals surface area contributed by atoms with Crippen LogP contribution in [-0.2, 0) is 0 Å². The van der Waals surface area contributed by atoms with Gasteiger partial charge in [-0.05, 0) is 36.2 Å². The molecule has 0 saturated carbocycles. The van der Waals surface area contributed by atoms with E-state index in [4.69, 9.17) is 0 Å². The quantitative estimate of drug-likeness (QED) is 0.571. The van der Waals surface area contributed by atoms with E-state index in [1.54, 1.807) is 24.4 Å². The second-order valence-electron chi connectivity index (χ2n) is 5.76. The summed E-state index contributed by atoms with van der Waals surface area (Å²) in [5.41, 5.74) is 0.883. The number of rotatable bonds is 8. The van der Waals surface area contributed by atoms with Crippen LogP contribution in [0.2, 0.25) is 0 Å². The number of hydrogen-bond donors (Lipinski definition) is 2. The first-order chi connectivity index (χ1) is 11.2. The minimum absolute atomic E-state index is 0.158. The Hall–Kier alpha value is -2.30. The monoisotopic (exact) mass is 315 g/mol. The van der Waals surface area contributed by atoms with Crippen LogP contribution in [0.25, 0.3) is 12.3 Å². The van der Waals surface area contributed by atoms with Crippen molar-refractivity contribution in [2.24, 2.45) is 5.18 Å². The molecular formula is C18H25N3O2. The molecule has 0 unspecified atom stereocenters. The Morgan fingerprint density at radius 1 is 1.26 bits per heavy atom. The molecule has 0 bridgehead atoms. The van der Waals surface area contributed by atoms with Gasteiger partial charge in [0, 0.05) is 35.9 Å². The first kappa shape index (κ1) is 17.1. The smallest absolute Gasteiger partial charge is 0.148 e. The van der Waals surface area contributed by atoms with Crippen molar-refractivity contribution in [1.29, 1.82) is 0 Å². The second-order valence-corrected chi connectivity index (χ2v) is 5.76. The number of nitroso groups, excluding NO2 is 1. The highest BCUT2D eigenvalue weighted by Crippen LogP contribution is 2.20. The lowest BCUT2D eigenvalue weighted by Crippen LogP contribution is -2.24. The summed E-state index contributed by atoms with van der Waals surface area (Å²) in [5.74, 6) is 0.158. The average molecular weight is 315 g/mol. The van der Waals surface area contributed by atoms with E-state index in [2.05, 4.69) is 29.2 Å². The molecule has 0 aliphatic carbocycles. The van der Waals surface area contributed by atoms with Crippen molar-refractivity contribution in [2.45, 2.75) is 39.5 Å². The number of phenolic OH excluding ortho intramolecular Hbond substituents is 1. The lowest BCUT2D eigenvalue weighted by atomic mass is 10.1. The van der Waals surface area contributed by atoms with Crippen molar-refractivity contribution >= 4 is 23.7 Å². The third kappa shape index (κ3) is 4.12. The molecule has 1 aliphatic rings. The molecule has 0 atom stereocenters. The van der Waals surface area contributed by atoms with E-state index in [0.717, 1.165) is 38.8 Å². The van der Waals surface area contributed by atoms with Gasteiger partial charge in [0.2, 0.25) is 0 Å². The highest BCUT2D eigenvalue weighted by atomic mass is 16.3. The Bertz CT molecular complexity index is 687. The molecule has 1 aliphatic heterocycles. The van der Waals surface area contributed by atoms with E-state index in [9.17, 15) is 10.0 Å². The van der Waals surface area contributed by atoms with Crippen LogP contribution < -0.4 is 15.8 Å². The molecule has 5 nitrogen and oxygen atoms in total. The standard InChI is InChI=1S/C18H25N3O2/c1-3-5-10-21(11-6-4-2)13-14-12-16(20-23)15-8-7-9-19-17(15)18(14)22/h7-9,12-13,19,22H,3-6,10-11H2,1-2H3/b14-13-. The van der Waals surface area contributed by atoms with Gasteiger partial charge in [0.1, 0.15) is 11.4 Å². The number of nitrogens with one attached hydrogen (secondary N) is 1. The first-order valence-electron chi connectivity index (χ1n) is 8.29. The van der Waals surface area contributed by atoms with Crippen molar-refractivity contribution in [3.8, 4) is 5.75 Å². The molecule has 1 aromatic rings. The molecule has 1 heterocycles. The fourth-order valence-corrected chi connectivity index (χ4v) is 2.62. The van der Waals surface area contributed by atoms with Gasteiger partial charge in [-0.2, -0.15) is 0 Å². The summed E-state index contributed by atoms with van der Waals surface area (Å²) in [7, 11) is 0. The molecule has 2 N–H and O–H groups in total. The maximum Gasteiger partial charge on any atom is 0.148 e. The van der Waals surface area contributed by atoms with Gasteiger partial charge in [-0.15, -0.1) is 4.91 Å². The van der Waals surface area contributed by atoms with Crippen molar-refractivity contribution in [2.75, 3.05) is 18.4 Å². The number of unbranched alkanes of at least 4 members (excludes halogenated alkanes) is 2. The molecule has 2 rings (SSSR count). The normalized spacial score (nSPS) is 13.2. The van der Waals surface area contributed by atoms with Gasteiger partial charge in [0.05, 0.1) is 5.69 Å². The topological polar surface area (TPSA) is 64.9 Å². The maximum atomic E-state index is 11.1. The minimum Gasteiger partial charge on any atom is -0.505 e. The molecule has 1 aromatic carbocycles. The summed E-state index contributed by atoms with van der Waals surface area (Å²) in [6, 6.07) is 1.66. The third-order valence-electron chi connectivity index (χ3n) is 3.95. The summed E-state index contributed by atoms with van der Waals surface area (Å²) in [6.07, 6.45) is 11.7. The molecule has 124 valence electrons. The molecule has 0 amide bonds. The molecule has 0 fully saturated rings. The zero-order valence-corrected chi connectivity index (χ0v) is 13.9. The number of fused-ring (bicyclic) bond motifs is 1. The first-order valence-corrected chi connectivity index (χ1v) is 8.29. The summed E-state index contributed by atoms with van der Waals surface area (Å²) < 4.78 is 0. The van der Waals surface area contributed by atoms with Crippen molar-refractivity contribution in [3.05, 3.63) is 33.7 Å². The third-order valence-corrected chi connectivity index (χ3v) is 3.95. The van der Waals surface area contributed by atoms with Crippen molar-refractivity contribution in [3.63, 3.8) is 0 Å². The van der Waals surface area contributed by atoms with Crippen LogP contribution in [0, 0.1) is 4.91 Å². The number of aromatic hydroxyl groups is 1. The van der Waals surface area contributed by atoms with E-state index in [1.165, 1.54) is 0 Å². The summed E-state index contributed by atoms with van der Waals surface area (Å²) in [6.45, 7) is 6.20. The van der Waals surface area contributed by atoms with Crippen molar-refractivity contribution < 1.29 is 5.11 Å². The Balaban J connectivity index is 2.46. The predicted molar refractivity (Wildman–Crippen MR) is 95.9 cm³/mol.